The molecule has 2 saturated carbocycles. The van der Waals surface area contributed by atoms with Gasteiger partial charge in [0.1, 0.15) is 12.2 Å². The molecule has 98 valence electrons. The van der Waals surface area contributed by atoms with E-state index in [0.29, 0.717) is 5.57 Å². The highest BCUT2D eigenvalue weighted by molar-refractivity contribution is 5.88. The quantitative estimate of drug-likeness (QED) is 0.544. The van der Waals surface area contributed by atoms with Gasteiger partial charge in [0, 0.05) is 18.9 Å². The molecule has 3 rings (SSSR count). The van der Waals surface area contributed by atoms with E-state index in [4.69, 9.17) is 14.2 Å². The first kappa shape index (κ1) is 11.7. The van der Waals surface area contributed by atoms with Gasteiger partial charge in [0.25, 0.3) is 0 Å². The molecular formula is C13H16O5. The summed E-state index contributed by atoms with van der Waals surface area (Å²) in [5, 5.41) is 0. The van der Waals surface area contributed by atoms with Crippen LogP contribution in [0.25, 0.3) is 0 Å². The highest BCUT2D eigenvalue weighted by atomic mass is 16.6. The van der Waals surface area contributed by atoms with Crippen LogP contribution in [0.15, 0.2) is 12.2 Å². The molecule has 5 atom stereocenters. The lowest BCUT2D eigenvalue weighted by Gasteiger charge is -2.25. The van der Waals surface area contributed by atoms with Gasteiger partial charge in [-0.2, -0.15) is 0 Å². The van der Waals surface area contributed by atoms with Crippen LogP contribution in [0.1, 0.15) is 12.8 Å². The van der Waals surface area contributed by atoms with Crippen LogP contribution in [0.3, 0.4) is 0 Å². The van der Waals surface area contributed by atoms with E-state index < -0.39 is 5.97 Å². The van der Waals surface area contributed by atoms with E-state index in [9.17, 15) is 9.59 Å². The second-order valence-corrected chi connectivity index (χ2v) is 5.31. The molecule has 5 nitrogen and oxygen atoms in total. The lowest BCUT2D eigenvalue weighted by Crippen LogP contribution is -2.36. The number of hydrogen-bond donors (Lipinski definition) is 0. The van der Waals surface area contributed by atoms with Gasteiger partial charge in [-0.05, 0) is 12.8 Å². The van der Waals surface area contributed by atoms with Crippen LogP contribution >= 0.6 is 0 Å². The molecule has 1 heterocycles. The van der Waals surface area contributed by atoms with Crippen molar-refractivity contribution in [3.05, 3.63) is 12.2 Å². The van der Waals surface area contributed by atoms with E-state index in [0.717, 1.165) is 12.8 Å². The SMILES string of the molecule is C=C(COC)C(=O)OC1C2CC3C(=O)OC1C3C2. The fourth-order valence-corrected chi connectivity index (χ4v) is 3.50. The number of carbonyl (C=O) groups is 2. The molecular weight excluding hydrogens is 236 g/mol. The standard InChI is InChI=1S/C13H16O5/c1-6(5-16-2)12(14)17-10-7-3-8-9(4-7)13(15)18-11(8)10/h7-11H,1,3-5H2,2H3. The molecule has 0 aromatic carbocycles. The van der Waals surface area contributed by atoms with Gasteiger partial charge in [-0.15, -0.1) is 0 Å². The van der Waals surface area contributed by atoms with Crippen molar-refractivity contribution in [3.63, 3.8) is 0 Å². The summed E-state index contributed by atoms with van der Waals surface area (Å²) < 4.78 is 15.6. The minimum absolute atomic E-state index is 0.0390. The van der Waals surface area contributed by atoms with Crippen molar-refractivity contribution in [1.82, 2.24) is 0 Å². The van der Waals surface area contributed by atoms with Crippen molar-refractivity contribution < 1.29 is 23.8 Å². The third-order valence-corrected chi connectivity index (χ3v) is 4.26. The van der Waals surface area contributed by atoms with Crippen LogP contribution in [0.2, 0.25) is 0 Å². The van der Waals surface area contributed by atoms with E-state index in [1.54, 1.807) is 0 Å². The predicted molar refractivity (Wildman–Crippen MR) is 60.5 cm³/mol. The maximum absolute atomic E-state index is 11.8. The highest BCUT2D eigenvalue weighted by Gasteiger charge is 2.63. The van der Waals surface area contributed by atoms with Crippen LogP contribution < -0.4 is 0 Å². The summed E-state index contributed by atoms with van der Waals surface area (Å²) in [5.74, 6) is -0.0282. The molecule has 5 unspecified atom stereocenters. The summed E-state index contributed by atoms with van der Waals surface area (Å²) in [4.78, 5) is 23.3. The van der Waals surface area contributed by atoms with Crippen molar-refractivity contribution >= 4 is 11.9 Å². The van der Waals surface area contributed by atoms with Gasteiger partial charge in [-0.25, -0.2) is 4.79 Å². The van der Waals surface area contributed by atoms with Crippen molar-refractivity contribution in [2.75, 3.05) is 13.7 Å². The highest BCUT2D eigenvalue weighted by Crippen LogP contribution is 2.55. The van der Waals surface area contributed by atoms with E-state index >= 15 is 0 Å². The molecule has 18 heavy (non-hydrogen) atoms. The lowest BCUT2D eigenvalue weighted by atomic mass is 9.88. The summed E-state index contributed by atoms with van der Waals surface area (Å²) in [6, 6.07) is 0. The average molecular weight is 252 g/mol. The molecule has 2 bridgehead atoms. The zero-order valence-corrected chi connectivity index (χ0v) is 10.3. The number of carbonyl (C=O) groups excluding carboxylic acids is 2. The van der Waals surface area contributed by atoms with Gasteiger partial charge < -0.3 is 14.2 Å². The maximum Gasteiger partial charge on any atom is 0.336 e. The third kappa shape index (κ3) is 1.57. The van der Waals surface area contributed by atoms with E-state index in [2.05, 4.69) is 6.58 Å². The summed E-state index contributed by atoms with van der Waals surface area (Å²) in [7, 11) is 1.50. The zero-order chi connectivity index (χ0) is 12.9. The normalized spacial score (nSPS) is 39.8. The Balaban J connectivity index is 1.67. The molecule has 2 aliphatic carbocycles. The van der Waals surface area contributed by atoms with Crippen LogP contribution in [0, 0.1) is 17.8 Å². The molecule has 5 heteroatoms. The Kier molecular flexibility index (Phi) is 2.66. The largest absolute Gasteiger partial charge is 0.458 e. The zero-order valence-electron chi connectivity index (χ0n) is 10.3. The Morgan fingerprint density at radius 3 is 3.00 bits per heavy atom. The first-order chi connectivity index (χ1) is 8.61. The first-order valence-electron chi connectivity index (χ1n) is 6.20. The van der Waals surface area contributed by atoms with Gasteiger partial charge in [-0.1, -0.05) is 6.58 Å². The van der Waals surface area contributed by atoms with Gasteiger partial charge in [0.15, 0.2) is 0 Å². The Hall–Kier alpha value is -1.36. The summed E-state index contributed by atoms with van der Waals surface area (Å²) in [5.41, 5.74) is 0.293. The van der Waals surface area contributed by atoms with Crippen LogP contribution in [0.4, 0.5) is 0 Å². The first-order valence-corrected chi connectivity index (χ1v) is 6.20. The van der Waals surface area contributed by atoms with Gasteiger partial charge >= 0.3 is 11.9 Å². The topological polar surface area (TPSA) is 61.8 Å². The summed E-state index contributed by atoms with van der Waals surface area (Å²) >= 11 is 0. The smallest absolute Gasteiger partial charge is 0.336 e. The molecule has 0 radical (unpaired) electrons. The molecule has 0 spiro atoms. The van der Waals surface area contributed by atoms with Gasteiger partial charge in [-0.3, -0.25) is 4.79 Å². The lowest BCUT2D eigenvalue weighted by molar-refractivity contribution is -0.158. The Morgan fingerprint density at radius 2 is 2.28 bits per heavy atom. The molecule has 0 aromatic heterocycles. The average Bonchev–Trinajstić information content (AvgIpc) is 2.93. The number of hydrogen-bond acceptors (Lipinski definition) is 5. The Bertz CT molecular complexity index is 416. The second kappa shape index (κ2) is 4.09. The summed E-state index contributed by atoms with van der Waals surface area (Å²) in [6.07, 6.45) is 1.18. The second-order valence-electron chi connectivity index (χ2n) is 5.31. The molecule has 0 aromatic rings. The maximum atomic E-state index is 11.8. The number of fused-ring (bicyclic) bond motifs is 1. The van der Waals surface area contributed by atoms with E-state index in [1.807, 2.05) is 0 Å². The van der Waals surface area contributed by atoms with Crippen LogP contribution in [-0.2, 0) is 23.8 Å². The molecule has 0 amide bonds. The van der Waals surface area contributed by atoms with Crippen molar-refractivity contribution in [1.29, 1.82) is 0 Å². The number of ether oxygens (including phenoxy) is 3. The monoisotopic (exact) mass is 252 g/mol. The molecule has 3 aliphatic rings. The minimum atomic E-state index is -0.450. The summed E-state index contributed by atoms with van der Waals surface area (Å²) in [6.45, 7) is 3.78. The van der Waals surface area contributed by atoms with Gasteiger partial charge in [0.2, 0.25) is 0 Å². The predicted octanol–water partition coefficient (Wildman–Crippen LogP) is 0.682. The van der Waals surface area contributed by atoms with Crippen molar-refractivity contribution in [2.45, 2.75) is 25.0 Å². The minimum Gasteiger partial charge on any atom is -0.458 e. The van der Waals surface area contributed by atoms with E-state index in [-0.39, 0.29) is 42.5 Å². The van der Waals surface area contributed by atoms with Crippen LogP contribution in [0.5, 0.6) is 0 Å². The Labute approximate surface area is 105 Å². The van der Waals surface area contributed by atoms with Crippen molar-refractivity contribution in [3.8, 4) is 0 Å². The molecule has 1 saturated heterocycles. The number of esters is 2. The number of methoxy groups -OCH3 is 1. The Morgan fingerprint density at radius 1 is 1.50 bits per heavy atom. The molecule has 1 aliphatic heterocycles. The number of rotatable bonds is 4. The molecule has 0 N–H and O–H groups in total. The fraction of sp³-hybridized carbons (Fsp3) is 0.692. The molecule has 3 fully saturated rings. The van der Waals surface area contributed by atoms with Crippen LogP contribution in [-0.4, -0.2) is 37.9 Å². The van der Waals surface area contributed by atoms with Crippen molar-refractivity contribution in [2.24, 2.45) is 17.8 Å². The third-order valence-electron chi connectivity index (χ3n) is 4.26. The van der Waals surface area contributed by atoms with E-state index in [1.165, 1.54) is 7.11 Å². The van der Waals surface area contributed by atoms with Gasteiger partial charge in [0.05, 0.1) is 18.1 Å². The fourth-order valence-electron chi connectivity index (χ4n) is 3.50.